The molecule has 0 unspecified atom stereocenters. The van der Waals surface area contributed by atoms with E-state index in [1.54, 1.807) is 19.5 Å². The quantitative estimate of drug-likeness (QED) is 0.398. The molecule has 1 aliphatic rings. The predicted molar refractivity (Wildman–Crippen MR) is 110 cm³/mol. The molecule has 8 heteroatoms. The molecule has 0 saturated carbocycles. The summed E-state index contributed by atoms with van der Waals surface area (Å²) in [7, 11) is 1.59. The molecule has 1 fully saturated rings. The van der Waals surface area contributed by atoms with Crippen molar-refractivity contribution in [2.75, 3.05) is 51.8 Å². The SMILES string of the molecule is COc1ccc2c(c1)c(=O)c1c(NCC[N+]3(O)CCOCC3)ccc3ncn2c31. The van der Waals surface area contributed by atoms with Gasteiger partial charge in [0.2, 0.25) is 0 Å². The summed E-state index contributed by atoms with van der Waals surface area (Å²) in [6.45, 7) is 3.35. The third kappa shape index (κ3) is 2.96. The van der Waals surface area contributed by atoms with Crippen molar-refractivity contribution in [1.82, 2.24) is 9.38 Å². The van der Waals surface area contributed by atoms with E-state index in [1.807, 2.05) is 28.7 Å². The Morgan fingerprint density at radius 2 is 2.10 bits per heavy atom. The molecule has 5 rings (SSSR count). The Kier molecular flexibility index (Phi) is 4.27. The molecule has 2 aromatic carbocycles. The average Bonchev–Trinajstić information content (AvgIpc) is 3.17. The first-order valence-corrected chi connectivity index (χ1v) is 9.73. The van der Waals surface area contributed by atoms with Crippen LogP contribution in [0.5, 0.6) is 5.75 Å². The van der Waals surface area contributed by atoms with Crippen LogP contribution >= 0.6 is 0 Å². The summed E-state index contributed by atoms with van der Waals surface area (Å²) in [5.41, 5.74) is 3.07. The number of aromatic nitrogens is 2. The lowest BCUT2D eigenvalue weighted by Gasteiger charge is -2.33. The van der Waals surface area contributed by atoms with Crippen LogP contribution in [0.1, 0.15) is 0 Å². The van der Waals surface area contributed by atoms with Crippen LogP contribution in [0.4, 0.5) is 5.69 Å². The second kappa shape index (κ2) is 6.84. The third-order valence-electron chi connectivity index (χ3n) is 5.79. The molecule has 1 aliphatic heterocycles. The van der Waals surface area contributed by atoms with Crippen molar-refractivity contribution in [3.8, 4) is 5.75 Å². The normalized spacial score (nSPS) is 16.6. The molecule has 0 spiro atoms. The number of hydroxylamine groups is 3. The molecule has 0 amide bonds. The number of anilines is 1. The van der Waals surface area contributed by atoms with Gasteiger partial charge in [-0.3, -0.25) is 9.20 Å². The van der Waals surface area contributed by atoms with Gasteiger partial charge in [-0.1, -0.05) is 0 Å². The van der Waals surface area contributed by atoms with Crippen molar-refractivity contribution >= 4 is 33.0 Å². The summed E-state index contributed by atoms with van der Waals surface area (Å²) >= 11 is 0. The van der Waals surface area contributed by atoms with Crippen molar-refractivity contribution in [1.29, 1.82) is 0 Å². The van der Waals surface area contributed by atoms with Crippen LogP contribution in [0.3, 0.4) is 0 Å². The zero-order valence-electron chi connectivity index (χ0n) is 16.2. The van der Waals surface area contributed by atoms with Crippen LogP contribution in [-0.4, -0.2) is 65.7 Å². The highest BCUT2D eigenvalue weighted by atomic mass is 16.6. The van der Waals surface area contributed by atoms with E-state index >= 15 is 0 Å². The first kappa shape index (κ1) is 18.1. The van der Waals surface area contributed by atoms with Gasteiger partial charge in [-0.25, -0.2) is 10.2 Å². The molecule has 0 atom stereocenters. The summed E-state index contributed by atoms with van der Waals surface area (Å²) in [5, 5.41) is 15.2. The summed E-state index contributed by atoms with van der Waals surface area (Å²) in [6.07, 6.45) is 1.75. The Hall–Kier alpha value is -2.94. The van der Waals surface area contributed by atoms with Gasteiger partial charge in [-0.05, 0) is 30.3 Å². The lowest BCUT2D eigenvalue weighted by Crippen LogP contribution is -2.54. The van der Waals surface area contributed by atoms with Crippen LogP contribution in [0.2, 0.25) is 0 Å². The Morgan fingerprint density at radius 1 is 1.28 bits per heavy atom. The topological polar surface area (TPSA) is 85.1 Å². The van der Waals surface area contributed by atoms with Crippen LogP contribution in [-0.2, 0) is 4.74 Å². The van der Waals surface area contributed by atoms with Gasteiger partial charge in [0.15, 0.2) is 5.43 Å². The first-order valence-electron chi connectivity index (χ1n) is 9.73. The van der Waals surface area contributed by atoms with Gasteiger partial charge >= 0.3 is 0 Å². The van der Waals surface area contributed by atoms with Gasteiger partial charge in [0.25, 0.3) is 0 Å². The maximum atomic E-state index is 13.4. The maximum Gasteiger partial charge on any atom is 0.199 e. The highest BCUT2D eigenvalue weighted by molar-refractivity contribution is 6.07. The number of ether oxygens (including phenoxy) is 2. The third-order valence-corrected chi connectivity index (χ3v) is 5.79. The monoisotopic (exact) mass is 395 g/mol. The van der Waals surface area contributed by atoms with Crippen molar-refractivity contribution in [3.05, 3.63) is 46.9 Å². The van der Waals surface area contributed by atoms with Gasteiger partial charge in [-0.2, -0.15) is 4.65 Å². The Labute approximate surface area is 166 Å². The van der Waals surface area contributed by atoms with Gasteiger partial charge in [0, 0.05) is 5.69 Å². The molecule has 4 aromatic rings. The molecule has 0 bridgehead atoms. The molecule has 8 nitrogen and oxygen atoms in total. The second-order valence-electron chi connectivity index (χ2n) is 7.49. The molecule has 3 heterocycles. The molecule has 29 heavy (non-hydrogen) atoms. The number of benzene rings is 2. The van der Waals surface area contributed by atoms with E-state index in [0.29, 0.717) is 55.9 Å². The number of pyridine rings is 1. The maximum absolute atomic E-state index is 13.4. The Bertz CT molecular complexity index is 1250. The van der Waals surface area contributed by atoms with E-state index in [0.717, 1.165) is 22.2 Å². The number of morpholine rings is 1. The largest absolute Gasteiger partial charge is 0.497 e. The lowest BCUT2D eigenvalue weighted by molar-refractivity contribution is -1.10. The molecule has 150 valence electrons. The number of nitrogens with one attached hydrogen (secondary N) is 1. The predicted octanol–water partition coefficient (Wildman–Crippen LogP) is 2.10. The van der Waals surface area contributed by atoms with E-state index < -0.39 is 0 Å². The average molecular weight is 395 g/mol. The molecular formula is C21H23N4O4+. The van der Waals surface area contributed by atoms with Crippen LogP contribution < -0.4 is 15.5 Å². The zero-order valence-corrected chi connectivity index (χ0v) is 16.2. The number of methoxy groups -OCH3 is 1. The zero-order chi connectivity index (χ0) is 20.0. The van der Waals surface area contributed by atoms with Gasteiger partial charge in [0.05, 0.1) is 54.2 Å². The molecule has 2 aromatic heterocycles. The van der Waals surface area contributed by atoms with Gasteiger partial charge in [0.1, 0.15) is 31.7 Å². The highest BCUT2D eigenvalue weighted by Gasteiger charge is 2.28. The number of fused-ring (bicyclic) bond motifs is 2. The molecule has 1 saturated heterocycles. The number of hydrogen-bond acceptors (Lipinski definition) is 6. The van der Waals surface area contributed by atoms with Crippen molar-refractivity contribution in [2.45, 2.75) is 0 Å². The minimum absolute atomic E-state index is 0.0174. The number of nitrogens with zero attached hydrogens (tertiary/aromatic N) is 3. The van der Waals surface area contributed by atoms with Crippen LogP contribution in [0, 0.1) is 0 Å². The summed E-state index contributed by atoms with van der Waals surface area (Å²) in [4.78, 5) is 17.9. The summed E-state index contributed by atoms with van der Waals surface area (Å²) in [5.74, 6) is 0.640. The second-order valence-corrected chi connectivity index (χ2v) is 7.49. The van der Waals surface area contributed by atoms with Gasteiger partial charge < -0.3 is 14.8 Å². The lowest BCUT2D eigenvalue weighted by atomic mass is 10.1. The standard InChI is InChI=1S/C21H22N4O4/c1-28-14-2-5-18-15(12-14)21(26)19-16(3-4-17-20(19)24(18)13-23-17)22-6-7-25(27)8-10-29-11-9-25/h2-5,12-13,27H,6-11H2,1H3/p+1. The highest BCUT2D eigenvalue weighted by Crippen LogP contribution is 2.29. The Morgan fingerprint density at radius 3 is 2.90 bits per heavy atom. The molecule has 0 aliphatic carbocycles. The van der Waals surface area contributed by atoms with Crippen LogP contribution in [0.15, 0.2) is 41.5 Å². The van der Waals surface area contributed by atoms with E-state index in [9.17, 15) is 10.0 Å². The van der Waals surface area contributed by atoms with Crippen molar-refractivity contribution < 1.29 is 19.3 Å². The fourth-order valence-electron chi connectivity index (χ4n) is 4.14. The smallest absolute Gasteiger partial charge is 0.199 e. The van der Waals surface area contributed by atoms with E-state index in [1.165, 1.54) is 0 Å². The van der Waals surface area contributed by atoms with Crippen molar-refractivity contribution in [2.24, 2.45) is 0 Å². The minimum atomic E-state index is -0.0562. The van der Waals surface area contributed by atoms with Crippen LogP contribution in [0.25, 0.3) is 27.3 Å². The number of hydrogen-bond donors (Lipinski definition) is 2. The fourth-order valence-corrected chi connectivity index (χ4v) is 4.14. The summed E-state index contributed by atoms with van der Waals surface area (Å²) in [6, 6.07) is 9.30. The van der Waals surface area contributed by atoms with E-state index in [-0.39, 0.29) is 10.1 Å². The van der Waals surface area contributed by atoms with Crippen molar-refractivity contribution in [3.63, 3.8) is 0 Å². The van der Waals surface area contributed by atoms with E-state index in [2.05, 4.69) is 10.3 Å². The first-order chi connectivity index (χ1) is 14.1. The Balaban J connectivity index is 1.58. The van der Waals surface area contributed by atoms with Gasteiger partial charge in [-0.15, -0.1) is 0 Å². The van der Waals surface area contributed by atoms with E-state index in [4.69, 9.17) is 9.47 Å². The molecule has 2 N–H and O–H groups in total. The number of rotatable bonds is 5. The molecular weight excluding hydrogens is 372 g/mol. The fraction of sp³-hybridized carbons (Fsp3) is 0.333. The minimum Gasteiger partial charge on any atom is -0.497 e. The molecule has 0 radical (unpaired) electrons. The summed E-state index contributed by atoms with van der Waals surface area (Å²) < 4.78 is 12.6. The number of imidazole rings is 1. The number of quaternary nitrogens is 1.